The number of aryl methyl sites for hydroxylation is 1. The predicted octanol–water partition coefficient (Wildman–Crippen LogP) is 2.30. The van der Waals surface area contributed by atoms with Gasteiger partial charge in [0.15, 0.2) is 0 Å². The molecular formula is C12H12F2N2O2. The highest BCUT2D eigenvalue weighted by Crippen LogP contribution is 2.27. The number of hydrogen-bond donors (Lipinski definition) is 0. The smallest absolute Gasteiger partial charge is 0.310 e. The monoisotopic (exact) mass is 254 g/mol. The normalized spacial score (nSPS) is 10.2. The lowest BCUT2D eigenvalue weighted by molar-refractivity contribution is -0.142. The number of hydrogen-bond acceptors (Lipinski definition) is 4. The highest BCUT2D eigenvalue weighted by molar-refractivity contribution is 5.73. The molecule has 4 nitrogen and oxygen atoms in total. The largest absolute Gasteiger partial charge is 0.466 e. The first-order valence-electron chi connectivity index (χ1n) is 5.33. The van der Waals surface area contributed by atoms with Crippen molar-refractivity contribution in [1.82, 2.24) is 4.98 Å². The van der Waals surface area contributed by atoms with Gasteiger partial charge in [0, 0.05) is 11.9 Å². The minimum atomic E-state index is -2.80. The Morgan fingerprint density at radius 1 is 1.61 bits per heavy atom. The second-order valence-corrected chi connectivity index (χ2v) is 3.55. The zero-order chi connectivity index (χ0) is 13.7. The Morgan fingerprint density at radius 3 is 2.78 bits per heavy atom. The van der Waals surface area contributed by atoms with E-state index >= 15 is 0 Å². The van der Waals surface area contributed by atoms with Crippen LogP contribution in [0, 0.1) is 18.3 Å². The fourth-order valence-corrected chi connectivity index (χ4v) is 1.56. The molecule has 0 saturated heterocycles. The third kappa shape index (κ3) is 3.00. The predicted molar refractivity (Wildman–Crippen MR) is 59.0 cm³/mol. The van der Waals surface area contributed by atoms with Crippen LogP contribution in [0.25, 0.3) is 0 Å². The highest BCUT2D eigenvalue weighted by Gasteiger charge is 2.21. The summed E-state index contributed by atoms with van der Waals surface area (Å²) >= 11 is 0. The molecule has 0 bridgehead atoms. The van der Waals surface area contributed by atoms with Crippen molar-refractivity contribution in [2.75, 3.05) is 6.61 Å². The number of esters is 1. The van der Waals surface area contributed by atoms with Gasteiger partial charge in [0.05, 0.1) is 24.2 Å². The molecule has 0 atom stereocenters. The molecule has 1 aromatic rings. The summed E-state index contributed by atoms with van der Waals surface area (Å²) in [6.07, 6.45) is -1.77. The molecule has 0 aliphatic carbocycles. The first-order chi connectivity index (χ1) is 8.51. The molecule has 0 aromatic carbocycles. The molecule has 18 heavy (non-hydrogen) atoms. The standard InChI is InChI=1S/C12H12F2N2O2/c1-3-18-10(17)4-8-6-16-7(2)11(12(13)14)9(8)5-15/h6,12H,3-4H2,1-2H3. The second-order valence-electron chi connectivity index (χ2n) is 3.55. The van der Waals surface area contributed by atoms with Crippen LogP contribution in [0.1, 0.15) is 35.7 Å². The van der Waals surface area contributed by atoms with E-state index in [0.29, 0.717) is 0 Å². The van der Waals surface area contributed by atoms with Crippen molar-refractivity contribution in [2.45, 2.75) is 26.7 Å². The molecule has 0 N–H and O–H groups in total. The number of alkyl halides is 2. The van der Waals surface area contributed by atoms with Crippen LogP contribution >= 0.6 is 0 Å². The maximum Gasteiger partial charge on any atom is 0.310 e. The van der Waals surface area contributed by atoms with Crippen LogP contribution in [0.4, 0.5) is 8.78 Å². The number of nitrogens with zero attached hydrogens (tertiary/aromatic N) is 2. The number of aromatic nitrogens is 1. The van der Waals surface area contributed by atoms with Crippen LogP contribution in [-0.4, -0.2) is 17.6 Å². The Kier molecular flexibility index (Phi) is 4.72. The average Bonchev–Trinajstić information content (AvgIpc) is 2.30. The Hall–Kier alpha value is -2.03. The number of carbonyl (C=O) groups excluding carboxylic acids is 1. The van der Waals surface area contributed by atoms with E-state index in [2.05, 4.69) is 4.98 Å². The number of carbonyl (C=O) groups is 1. The van der Waals surface area contributed by atoms with Crippen molar-refractivity contribution in [2.24, 2.45) is 0 Å². The van der Waals surface area contributed by atoms with E-state index in [1.807, 2.05) is 0 Å². The van der Waals surface area contributed by atoms with Gasteiger partial charge in [-0.3, -0.25) is 9.78 Å². The van der Waals surface area contributed by atoms with Gasteiger partial charge in [-0.25, -0.2) is 8.78 Å². The lowest BCUT2D eigenvalue weighted by atomic mass is 10.0. The van der Waals surface area contributed by atoms with Crippen molar-refractivity contribution < 1.29 is 18.3 Å². The topological polar surface area (TPSA) is 63.0 Å². The highest BCUT2D eigenvalue weighted by atomic mass is 19.3. The zero-order valence-corrected chi connectivity index (χ0v) is 10.0. The van der Waals surface area contributed by atoms with E-state index in [-0.39, 0.29) is 29.8 Å². The van der Waals surface area contributed by atoms with E-state index in [1.54, 1.807) is 13.0 Å². The summed E-state index contributed by atoms with van der Waals surface area (Å²) in [5, 5.41) is 8.95. The molecule has 1 rings (SSSR count). The van der Waals surface area contributed by atoms with E-state index in [4.69, 9.17) is 10.00 Å². The Morgan fingerprint density at radius 2 is 2.28 bits per heavy atom. The molecule has 0 unspecified atom stereocenters. The van der Waals surface area contributed by atoms with Crippen LogP contribution in [-0.2, 0) is 16.0 Å². The van der Waals surface area contributed by atoms with Gasteiger partial charge in [0.1, 0.15) is 6.07 Å². The molecule has 0 amide bonds. The van der Waals surface area contributed by atoms with Gasteiger partial charge in [-0.15, -0.1) is 0 Å². The lowest BCUT2D eigenvalue weighted by Crippen LogP contribution is -2.11. The fourth-order valence-electron chi connectivity index (χ4n) is 1.56. The lowest BCUT2D eigenvalue weighted by Gasteiger charge is -2.10. The first-order valence-corrected chi connectivity index (χ1v) is 5.33. The fraction of sp³-hybridized carbons (Fsp3) is 0.417. The van der Waals surface area contributed by atoms with Crippen molar-refractivity contribution in [1.29, 1.82) is 5.26 Å². The number of halogens is 2. The van der Waals surface area contributed by atoms with Crippen LogP contribution in [0.3, 0.4) is 0 Å². The molecule has 0 fully saturated rings. The SMILES string of the molecule is CCOC(=O)Cc1cnc(C)c(C(F)F)c1C#N. The third-order valence-corrected chi connectivity index (χ3v) is 2.36. The van der Waals surface area contributed by atoms with E-state index in [9.17, 15) is 13.6 Å². The van der Waals surface area contributed by atoms with Crippen molar-refractivity contribution in [3.05, 3.63) is 28.6 Å². The first kappa shape index (κ1) is 14.0. The Labute approximate surface area is 103 Å². The molecule has 0 aliphatic heterocycles. The Balaban J connectivity index is 3.18. The molecule has 1 aromatic heterocycles. The summed E-state index contributed by atoms with van der Waals surface area (Å²) in [5.74, 6) is -0.570. The quantitative estimate of drug-likeness (QED) is 0.773. The molecule has 6 heteroatoms. The summed E-state index contributed by atoms with van der Waals surface area (Å²) in [4.78, 5) is 15.1. The van der Waals surface area contributed by atoms with Crippen molar-refractivity contribution in [3.8, 4) is 6.07 Å². The van der Waals surface area contributed by atoms with Crippen molar-refractivity contribution >= 4 is 5.97 Å². The molecule has 0 spiro atoms. The molecule has 0 radical (unpaired) electrons. The van der Waals surface area contributed by atoms with Crippen LogP contribution in [0.2, 0.25) is 0 Å². The summed E-state index contributed by atoms with van der Waals surface area (Å²) in [6.45, 7) is 3.24. The van der Waals surface area contributed by atoms with Crippen LogP contribution in [0.15, 0.2) is 6.20 Å². The van der Waals surface area contributed by atoms with Gasteiger partial charge in [0.25, 0.3) is 6.43 Å². The molecule has 96 valence electrons. The minimum Gasteiger partial charge on any atom is -0.466 e. The number of pyridine rings is 1. The third-order valence-electron chi connectivity index (χ3n) is 2.36. The van der Waals surface area contributed by atoms with Gasteiger partial charge >= 0.3 is 5.97 Å². The van der Waals surface area contributed by atoms with Crippen LogP contribution in [0.5, 0.6) is 0 Å². The maximum atomic E-state index is 12.8. The minimum absolute atomic E-state index is 0.0918. The molecule has 0 saturated carbocycles. The molecule has 1 heterocycles. The molecular weight excluding hydrogens is 242 g/mol. The van der Waals surface area contributed by atoms with E-state index < -0.39 is 18.0 Å². The van der Waals surface area contributed by atoms with E-state index in [0.717, 1.165) is 0 Å². The molecule has 0 aliphatic rings. The summed E-state index contributed by atoms with van der Waals surface area (Å²) < 4.78 is 30.4. The number of nitriles is 1. The van der Waals surface area contributed by atoms with Gasteiger partial charge < -0.3 is 4.74 Å². The van der Waals surface area contributed by atoms with Gasteiger partial charge in [0.2, 0.25) is 0 Å². The van der Waals surface area contributed by atoms with Gasteiger partial charge in [-0.1, -0.05) is 0 Å². The summed E-state index contributed by atoms with van der Waals surface area (Å²) in [7, 11) is 0. The number of rotatable bonds is 4. The summed E-state index contributed by atoms with van der Waals surface area (Å²) in [5.41, 5.74) is -0.351. The van der Waals surface area contributed by atoms with Crippen LogP contribution < -0.4 is 0 Å². The number of ether oxygens (including phenoxy) is 1. The second kappa shape index (κ2) is 6.05. The van der Waals surface area contributed by atoms with Crippen molar-refractivity contribution in [3.63, 3.8) is 0 Å². The zero-order valence-electron chi connectivity index (χ0n) is 10.0. The van der Waals surface area contributed by atoms with Gasteiger partial charge in [-0.2, -0.15) is 5.26 Å². The Bertz CT molecular complexity index is 496. The van der Waals surface area contributed by atoms with Gasteiger partial charge in [-0.05, 0) is 19.4 Å². The maximum absolute atomic E-state index is 12.8. The van der Waals surface area contributed by atoms with E-state index in [1.165, 1.54) is 13.1 Å². The average molecular weight is 254 g/mol. The summed E-state index contributed by atoms with van der Waals surface area (Å²) in [6, 6.07) is 1.71.